The third-order valence-electron chi connectivity index (χ3n) is 6.58. The van der Waals surface area contributed by atoms with Gasteiger partial charge in [0.2, 0.25) is 0 Å². The number of Topliss-reactive ketones (excluding diaryl/α,β-unsaturated/α-hetero) is 2. The molecular weight excluding hydrogens is 372 g/mol. The SMILES string of the molecule is CC(=O)OC/C=C/CC1CC2CC3CC(C/C=C/COC(C)=O)C(=O)C3C2C1=O. The van der Waals surface area contributed by atoms with Gasteiger partial charge in [0.05, 0.1) is 0 Å². The van der Waals surface area contributed by atoms with Gasteiger partial charge in [-0.3, -0.25) is 19.2 Å². The Bertz CT molecular complexity index is 661. The molecule has 6 unspecified atom stereocenters. The van der Waals surface area contributed by atoms with Gasteiger partial charge < -0.3 is 9.47 Å². The number of hydrogen-bond acceptors (Lipinski definition) is 6. The monoisotopic (exact) mass is 402 g/mol. The fraction of sp³-hybridized carbons (Fsp3) is 0.652. The molecule has 6 atom stereocenters. The zero-order chi connectivity index (χ0) is 21.0. The van der Waals surface area contributed by atoms with Gasteiger partial charge >= 0.3 is 11.9 Å². The highest BCUT2D eigenvalue weighted by Crippen LogP contribution is 2.57. The maximum atomic E-state index is 13.0. The molecule has 0 aromatic carbocycles. The van der Waals surface area contributed by atoms with E-state index in [1.165, 1.54) is 13.8 Å². The molecule has 3 aliphatic carbocycles. The fourth-order valence-electron chi connectivity index (χ4n) is 5.49. The summed E-state index contributed by atoms with van der Waals surface area (Å²) in [5, 5.41) is 0. The highest BCUT2D eigenvalue weighted by Gasteiger charge is 2.59. The lowest BCUT2D eigenvalue weighted by atomic mass is 9.85. The van der Waals surface area contributed by atoms with E-state index in [1.54, 1.807) is 12.2 Å². The van der Waals surface area contributed by atoms with Crippen LogP contribution in [0.4, 0.5) is 0 Å². The minimum absolute atomic E-state index is 0.0185. The average Bonchev–Trinajstić information content (AvgIpc) is 3.24. The van der Waals surface area contributed by atoms with Crippen molar-refractivity contribution < 1.29 is 28.7 Å². The van der Waals surface area contributed by atoms with Gasteiger partial charge in [-0.15, -0.1) is 0 Å². The average molecular weight is 402 g/mol. The van der Waals surface area contributed by atoms with Gasteiger partial charge in [-0.05, 0) is 43.9 Å². The zero-order valence-electron chi connectivity index (χ0n) is 17.2. The van der Waals surface area contributed by atoms with Crippen molar-refractivity contribution in [2.75, 3.05) is 13.2 Å². The lowest BCUT2D eigenvalue weighted by Crippen LogP contribution is -2.28. The van der Waals surface area contributed by atoms with E-state index in [0.29, 0.717) is 24.7 Å². The molecule has 158 valence electrons. The summed E-state index contributed by atoms with van der Waals surface area (Å²) >= 11 is 0. The predicted octanol–water partition coefficient (Wildman–Crippen LogP) is 3.05. The van der Waals surface area contributed by atoms with Gasteiger partial charge in [0.15, 0.2) is 0 Å². The van der Waals surface area contributed by atoms with Crippen molar-refractivity contribution in [3.8, 4) is 0 Å². The summed E-state index contributed by atoms with van der Waals surface area (Å²) in [6.07, 6.45) is 11.4. The van der Waals surface area contributed by atoms with Crippen molar-refractivity contribution in [1.82, 2.24) is 0 Å². The number of ketones is 2. The Hall–Kier alpha value is -2.24. The first-order valence-corrected chi connectivity index (χ1v) is 10.5. The summed E-state index contributed by atoms with van der Waals surface area (Å²) in [7, 11) is 0. The Morgan fingerprint density at radius 2 is 1.17 bits per heavy atom. The molecular formula is C23H30O6. The number of esters is 2. The van der Waals surface area contributed by atoms with Crippen molar-refractivity contribution in [2.24, 2.45) is 35.5 Å². The van der Waals surface area contributed by atoms with Crippen LogP contribution in [-0.2, 0) is 28.7 Å². The van der Waals surface area contributed by atoms with Crippen molar-refractivity contribution in [3.63, 3.8) is 0 Å². The number of carbonyl (C=O) groups is 4. The Balaban J connectivity index is 1.50. The molecule has 0 radical (unpaired) electrons. The van der Waals surface area contributed by atoms with E-state index in [0.717, 1.165) is 19.3 Å². The second-order valence-electron chi connectivity index (χ2n) is 8.50. The maximum absolute atomic E-state index is 13.0. The van der Waals surface area contributed by atoms with E-state index < -0.39 is 0 Å². The largest absolute Gasteiger partial charge is 0.462 e. The molecule has 6 nitrogen and oxygen atoms in total. The Morgan fingerprint density at radius 1 is 0.759 bits per heavy atom. The number of fused-ring (bicyclic) bond motifs is 3. The van der Waals surface area contributed by atoms with Crippen LogP contribution in [0.15, 0.2) is 24.3 Å². The molecule has 0 saturated heterocycles. The number of ether oxygens (including phenoxy) is 2. The van der Waals surface area contributed by atoms with E-state index in [9.17, 15) is 19.2 Å². The molecule has 3 rings (SSSR count). The van der Waals surface area contributed by atoms with Crippen LogP contribution in [0.5, 0.6) is 0 Å². The second kappa shape index (κ2) is 9.51. The quantitative estimate of drug-likeness (QED) is 0.458. The van der Waals surface area contributed by atoms with Gasteiger partial charge in [0, 0.05) is 37.5 Å². The molecule has 3 saturated carbocycles. The Labute approximate surface area is 171 Å². The summed E-state index contributed by atoms with van der Waals surface area (Å²) < 4.78 is 9.73. The summed E-state index contributed by atoms with van der Waals surface area (Å²) in [4.78, 5) is 47.5. The number of allylic oxidation sites excluding steroid dienone is 2. The van der Waals surface area contributed by atoms with Crippen LogP contribution in [0.25, 0.3) is 0 Å². The molecule has 0 aliphatic heterocycles. The third-order valence-corrected chi connectivity index (χ3v) is 6.58. The minimum Gasteiger partial charge on any atom is -0.462 e. The Morgan fingerprint density at radius 3 is 1.55 bits per heavy atom. The van der Waals surface area contributed by atoms with Crippen molar-refractivity contribution in [3.05, 3.63) is 24.3 Å². The van der Waals surface area contributed by atoms with Gasteiger partial charge in [-0.2, -0.15) is 0 Å². The number of rotatable bonds is 8. The highest BCUT2D eigenvalue weighted by molar-refractivity contribution is 5.95. The number of carbonyl (C=O) groups excluding carboxylic acids is 4. The normalized spacial score (nSPS) is 33.4. The molecule has 0 aromatic rings. The highest BCUT2D eigenvalue weighted by atomic mass is 16.5. The first kappa shape index (κ1) is 21.5. The topological polar surface area (TPSA) is 86.7 Å². The molecule has 0 aromatic heterocycles. The molecule has 0 amide bonds. The van der Waals surface area contributed by atoms with Crippen LogP contribution in [0.2, 0.25) is 0 Å². The molecule has 0 N–H and O–H groups in total. The smallest absolute Gasteiger partial charge is 0.302 e. The van der Waals surface area contributed by atoms with E-state index in [4.69, 9.17) is 9.47 Å². The second-order valence-corrected chi connectivity index (χ2v) is 8.50. The van der Waals surface area contributed by atoms with Gasteiger partial charge in [0.1, 0.15) is 24.8 Å². The van der Waals surface area contributed by atoms with E-state index in [1.807, 2.05) is 12.2 Å². The summed E-state index contributed by atoms with van der Waals surface area (Å²) in [5.41, 5.74) is 0. The van der Waals surface area contributed by atoms with Crippen molar-refractivity contribution in [2.45, 2.75) is 46.0 Å². The first-order valence-electron chi connectivity index (χ1n) is 10.5. The van der Waals surface area contributed by atoms with Crippen molar-refractivity contribution in [1.29, 1.82) is 0 Å². The van der Waals surface area contributed by atoms with Crippen LogP contribution in [-0.4, -0.2) is 36.7 Å². The fourth-order valence-corrected chi connectivity index (χ4v) is 5.49. The summed E-state index contributed by atoms with van der Waals surface area (Å²) in [5.74, 6) is 0.305. The first-order chi connectivity index (χ1) is 13.9. The summed E-state index contributed by atoms with van der Waals surface area (Å²) in [6.45, 7) is 3.21. The van der Waals surface area contributed by atoms with Crippen LogP contribution in [0.3, 0.4) is 0 Å². The van der Waals surface area contributed by atoms with Crippen LogP contribution in [0, 0.1) is 35.5 Å². The van der Waals surface area contributed by atoms with Gasteiger partial charge in [0.25, 0.3) is 0 Å². The zero-order valence-corrected chi connectivity index (χ0v) is 17.2. The molecule has 0 spiro atoms. The van der Waals surface area contributed by atoms with E-state index >= 15 is 0 Å². The third kappa shape index (κ3) is 5.03. The van der Waals surface area contributed by atoms with Crippen molar-refractivity contribution >= 4 is 23.5 Å². The standard InChI is InChI=1S/C23H30O6/c1-14(24)28-9-5-3-7-16-11-18-13-19-12-17(8-4-6-10-29-15(2)25)23(27)21(19)20(18)22(16)26/h3-6,16-21H,7-13H2,1-2H3/b5-3+,6-4+. The Kier molecular flexibility index (Phi) is 7.04. The molecule has 29 heavy (non-hydrogen) atoms. The molecule has 6 heteroatoms. The minimum atomic E-state index is -0.317. The van der Waals surface area contributed by atoms with Gasteiger partial charge in [-0.25, -0.2) is 0 Å². The molecule has 0 heterocycles. The lowest BCUT2D eigenvalue weighted by molar-refractivity contribution is -0.140. The molecule has 0 bridgehead atoms. The maximum Gasteiger partial charge on any atom is 0.302 e. The predicted molar refractivity (Wildman–Crippen MR) is 106 cm³/mol. The van der Waals surface area contributed by atoms with E-state index in [-0.39, 0.29) is 60.4 Å². The molecule has 3 aliphatic rings. The van der Waals surface area contributed by atoms with Crippen LogP contribution < -0.4 is 0 Å². The van der Waals surface area contributed by atoms with Crippen LogP contribution >= 0.6 is 0 Å². The molecule has 3 fully saturated rings. The van der Waals surface area contributed by atoms with E-state index in [2.05, 4.69) is 0 Å². The summed E-state index contributed by atoms with van der Waals surface area (Å²) in [6, 6.07) is 0. The van der Waals surface area contributed by atoms with Crippen LogP contribution in [0.1, 0.15) is 46.0 Å². The lowest BCUT2D eigenvalue weighted by Gasteiger charge is -2.16. The number of hydrogen-bond donors (Lipinski definition) is 0. The van der Waals surface area contributed by atoms with Gasteiger partial charge in [-0.1, -0.05) is 24.3 Å².